The third-order valence-corrected chi connectivity index (χ3v) is 4.38. The number of benzene rings is 1. The van der Waals surface area contributed by atoms with Crippen molar-refractivity contribution in [1.82, 2.24) is 9.88 Å². The molecule has 0 radical (unpaired) electrons. The SMILES string of the molecule is O=C(OCc1ccccc1)N1CCN(c2nc(O)cs2)CC1. The maximum absolute atomic E-state index is 12.1. The minimum absolute atomic E-state index is 0.0460. The Kier molecular flexibility index (Phi) is 4.43. The number of piperazine rings is 1. The summed E-state index contributed by atoms with van der Waals surface area (Å²) in [5.41, 5.74) is 0.979. The van der Waals surface area contributed by atoms with Gasteiger partial charge in [0, 0.05) is 26.2 Å². The minimum atomic E-state index is -0.287. The summed E-state index contributed by atoms with van der Waals surface area (Å²) in [5, 5.41) is 11.7. The van der Waals surface area contributed by atoms with Gasteiger partial charge in [-0.1, -0.05) is 30.3 Å². The molecule has 1 N–H and O–H groups in total. The van der Waals surface area contributed by atoms with E-state index in [0.717, 1.165) is 10.7 Å². The molecule has 1 fully saturated rings. The van der Waals surface area contributed by atoms with Crippen LogP contribution in [0.1, 0.15) is 5.56 Å². The summed E-state index contributed by atoms with van der Waals surface area (Å²) in [6.45, 7) is 2.85. The zero-order chi connectivity index (χ0) is 15.4. The summed E-state index contributed by atoms with van der Waals surface area (Å²) in [5.74, 6) is 0.0460. The average molecular weight is 319 g/mol. The van der Waals surface area contributed by atoms with E-state index in [1.807, 2.05) is 30.3 Å². The van der Waals surface area contributed by atoms with E-state index in [9.17, 15) is 9.90 Å². The molecule has 116 valence electrons. The number of carbonyl (C=O) groups excluding carboxylic acids is 1. The number of hydrogen-bond donors (Lipinski definition) is 1. The molecule has 0 aliphatic carbocycles. The number of anilines is 1. The largest absolute Gasteiger partial charge is 0.493 e. The molecule has 22 heavy (non-hydrogen) atoms. The summed E-state index contributed by atoms with van der Waals surface area (Å²) >= 11 is 1.40. The lowest BCUT2D eigenvalue weighted by molar-refractivity contribution is 0.0942. The first-order valence-corrected chi connectivity index (χ1v) is 7.95. The van der Waals surface area contributed by atoms with E-state index in [0.29, 0.717) is 32.8 Å². The number of nitrogens with zero attached hydrogens (tertiary/aromatic N) is 3. The van der Waals surface area contributed by atoms with Crippen molar-refractivity contribution in [3.63, 3.8) is 0 Å². The quantitative estimate of drug-likeness (QED) is 0.940. The molecule has 0 bridgehead atoms. The molecule has 6 nitrogen and oxygen atoms in total. The Hall–Kier alpha value is -2.28. The van der Waals surface area contributed by atoms with Crippen LogP contribution in [0, 0.1) is 0 Å². The van der Waals surface area contributed by atoms with E-state index in [4.69, 9.17) is 4.74 Å². The molecule has 2 heterocycles. The Morgan fingerprint density at radius 3 is 2.59 bits per heavy atom. The number of thiazole rings is 1. The molecule has 1 saturated heterocycles. The van der Waals surface area contributed by atoms with Gasteiger partial charge in [0.25, 0.3) is 0 Å². The smallest absolute Gasteiger partial charge is 0.410 e. The maximum atomic E-state index is 12.1. The van der Waals surface area contributed by atoms with Gasteiger partial charge < -0.3 is 19.6 Å². The fourth-order valence-electron chi connectivity index (χ4n) is 2.29. The third-order valence-electron chi connectivity index (χ3n) is 3.49. The molecule has 1 amide bonds. The van der Waals surface area contributed by atoms with Crippen LogP contribution >= 0.6 is 11.3 Å². The highest BCUT2D eigenvalue weighted by Crippen LogP contribution is 2.24. The number of ether oxygens (including phenoxy) is 1. The Balaban J connectivity index is 1.47. The molecule has 0 spiro atoms. The van der Waals surface area contributed by atoms with E-state index < -0.39 is 0 Å². The first-order valence-electron chi connectivity index (χ1n) is 7.07. The van der Waals surface area contributed by atoms with E-state index >= 15 is 0 Å². The zero-order valence-electron chi connectivity index (χ0n) is 12.0. The van der Waals surface area contributed by atoms with Crippen LogP contribution in [-0.4, -0.2) is 47.3 Å². The van der Waals surface area contributed by atoms with Gasteiger partial charge in [-0.3, -0.25) is 0 Å². The molecule has 3 rings (SSSR count). The van der Waals surface area contributed by atoms with Gasteiger partial charge in [0.2, 0.25) is 5.88 Å². The van der Waals surface area contributed by atoms with Crippen molar-refractivity contribution in [2.24, 2.45) is 0 Å². The van der Waals surface area contributed by atoms with Gasteiger partial charge >= 0.3 is 6.09 Å². The topological polar surface area (TPSA) is 65.9 Å². The van der Waals surface area contributed by atoms with E-state index in [1.54, 1.807) is 10.3 Å². The number of carbonyl (C=O) groups is 1. The summed E-state index contributed by atoms with van der Waals surface area (Å²) in [7, 11) is 0. The van der Waals surface area contributed by atoms with Crippen LogP contribution in [0.25, 0.3) is 0 Å². The molecule has 1 aliphatic heterocycles. The van der Waals surface area contributed by atoms with Gasteiger partial charge in [0.15, 0.2) is 5.13 Å². The normalized spacial score (nSPS) is 14.9. The molecule has 1 aromatic carbocycles. The van der Waals surface area contributed by atoms with Crippen LogP contribution in [0.5, 0.6) is 5.88 Å². The summed E-state index contributed by atoms with van der Waals surface area (Å²) in [6, 6.07) is 9.64. The fraction of sp³-hybridized carbons (Fsp3) is 0.333. The maximum Gasteiger partial charge on any atom is 0.410 e. The van der Waals surface area contributed by atoms with Crippen LogP contribution in [0.2, 0.25) is 0 Å². The molecule has 0 atom stereocenters. The highest BCUT2D eigenvalue weighted by atomic mass is 32.1. The van der Waals surface area contributed by atoms with E-state index in [-0.39, 0.29) is 12.0 Å². The summed E-state index contributed by atoms with van der Waals surface area (Å²) < 4.78 is 5.33. The number of aromatic nitrogens is 1. The minimum Gasteiger partial charge on any atom is -0.493 e. The van der Waals surface area contributed by atoms with Crippen LogP contribution in [0.15, 0.2) is 35.7 Å². The fourth-order valence-corrected chi connectivity index (χ4v) is 3.03. The molecular formula is C15H17N3O3S. The lowest BCUT2D eigenvalue weighted by atomic mass is 10.2. The van der Waals surface area contributed by atoms with Crippen molar-refractivity contribution in [2.45, 2.75) is 6.61 Å². The van der Waals surface area contributed by atoms with Gasteiger partial charge in [0.05, 0.1) is 5.38 Å². The Bertz CT molecular complexity index is 624. The summed E-state index contributed by atoms with van der Waals surface area (Å²) in [4.78, 5) is 19.9. The van der Waals surface area contributed by atoms with Crippen LogP contribution in [0.3, 0.4) is 0 Å². The van der Waals surface area contributed by atoms with Crippen LogP contribution < -0.4 is 4.90 Å². The van der Waals surface area contributed by atoms with Crippen LogP contribution in [-0.2, 0) is 11.3 Å². The second-order valence-electron chi connectivity index (χ2n) is 5.00. The molecular weight excluding hydrogens is 302 g/mol. The van der Waals surface area contributed by atoms with Crippen molar-refractivity contribution >= 4 is 22.6 Å². The predicted octanol–water partition coefficient (Wildman–Crippen LogP) is 2.31. The van der Waals surface area contributed by atoms with Crippen molar-refractivity contribution < 1.29 is 14.6 Å². The Morgan fingerprint density at radius 2 is 1.95 bits per heavy atom. The van der Waals surface area contributed by atoms with Gasteiger partial charge in [-0.15, -0.1) is 11.3 Å². The molecule has 7 heteroatoms. The lowest BCUT2D eigenvalue weighted by Crippen LogP contribution is -2.48. The monoisotopic (exact) mass is 319 g/mol. The zero-order valence-corrected chi connectivity index (χ0v) is 12.8. The van der Waals surface area contributed by atoms with Gasteiger partial charge in [0.1, 0.15) is 6.61 Å². The molecule has 1 aliphatic rings. The lowest BCUT2D eigenvalue weighted by Gasteiger charge is -2.33. The first-order chi connectivity index (χ1) is 10.7. The number of amides is 1. The average Bonchev–Trinajstić information content (AvgIpc) is 3.00. The van der Waals surface area contributed by atoms with Crippen LogP contribution in [0.4, 0.5) is 9.93 Å². The van der Waals surface area contributed by atoms with Crippen molar-refractivity contribution in [3.05, 3.63) is 41.3 Å². The van der Waals surface area contributed by atoms with E-state index in [1.165, 1.54) is 11.3 Å². The van der Waals surface area contributed by atoms with Gasteiger partial charge in [-0.25, -0.2) is 4.79 Å². The number of hydrogen-bond acceptors (Lipinski definition) is 6. The van der Waals surface area contributed by atoms with Crippen molar-refractivity contribution in [2.75, 3.05) is 31.1 Å². The molecule has 1 aromatic heterocycles. The Labute approximate surface area is 132 Å². The number of aromatic hydroxyl groups is 1. The standard InChI is InChI=1S/C15H17N3O3S/c19-13-11-22-14(16-13)17-6-8-18(9-7-17)15(20)21-10-12-4-2-1-3-5-12/h1-5,11,19H,6-10H2. The highest BCUT2D eigenvalue weighted by Gasteiger charge is 2.23. The van der Waals surface area contributed by atoms with Crippen molar-refractivity contribution in [1.29, 1.82) is 0 Å². The van der Waals surface area contributed by atoms with Gasteiger partial charge in [-0.2, -0.15) is 4.98 Å². The van der Waals surface area contributed by atoms with Crippen molar-refractivity contribution in [3.8, 4) is 5.88 Å². The Morgan fingerprint density at radius 1 is 1.23 bits per heavy atom. The second kappa shape index (κ2) is 6.65. The second-order valence-corrected chi connectivity index (χ2v) is 5.84. The highest BCUT2D eigenvalue weighted by molar-refractivity contribution is 7.13. The third kappa shape index (κ3) is 3.48. The molecule has 0 unspecified atom stereocenters. The summed E-state index contributed by atoms with van der Waals surface area (Å²) in [6.07, 6.45) is -0.287. The number of rotatable bonds is 3. The first kappa shape index (κ1) is 14.6. The molecule has 0 saturated carbocycles. The molecule has 2 aromatic rings. The predicted molar refractivity (Wildman–Crippen MR) is 84.2 cm³/mol. The van der Waals surface area contributed by atoms with E-state index in [2.05, 4.69) is 9.88 Å². The van der Waals surface area contributed by atoms with Gasteiger partial charge in [-0.05, 0) is 5.56 Å².